The normalized spacial score (nSPS) is 11.8. The van der Waals surface area contributed by atoms with Gasteiger partial charge in [-0.25, -0.2) is 15.0 Å². The summed E-state index contributed by atoms with van der Waals surface area (Å²) >= 11 is 1.83. The van der Waals surface area contributed by atoms with Gasteiger partial charge in [0.1, 0.15) is 0 Å². The Bertz CT molecular complexity index is 2820. The molecular weight excluding hydrogens is 605 g/mol. The smallest absolute Gasteiger partial charge is 0.0973 e. The van der Waals surface area contributed by atoms with Gasteiger partial charge < -0.3 is 4.57 Å². The lowest BCUT2D eigenvalue weighted by Gasteiger charge is -2.13. The van der Waals surface area contributed by atoms with Crippen molar-refractivity contribution in [2.75, 3.05) is 0 Å². The summed E-state index contributed by atoms with van der Waals surface area (Å²) in [4.78, 5) is 15.8. The zero-order chi connectivity index (χ0) is 31.6. The van der Waals surface area contributed by atoms with Gasteiger partial charge in [-0.05, 0) is 36.4 Å². The van der Waals surface area contributed by atoms with Gasteiger partial charge in [-0.2, -0.15) is 0 Å². The molecule has 0 spiro atoms. The highest BCUT2D eigenvalue weighted by atomic mass is 32.1. The fourth-order valence-electron chi connectivity index (χ4n) is 7.00. The maximum absolute atomic E-state index is 5.51. The topological polar surface area (TPSA) is 43.6 Å². The number of thiophene rings is 1. The van der Waals surface area contributed by atoms with Gasteiger partial charge in [-0.15, -0.1) is 11.3 Å². The Balaban J connectivity index is 1.26. The van der Waals surface area contributed by atoms with Crippen LogP contribution in [0.2, 0.25) is 0 Å². The molecular formula is C43H26N4S. The Labute approximate surface area is 280 Å². The molecule has 0 atom stereocenters. The predicted octanol–water partition coefficient (Wildman–Crippen LogP) is 11.5. The summed E-state index contributed by atoms with van der Waals surface area (Å²) in [5.74, 6) is 0. The van der Waals surface area contributed by atoms with Crippen molar-refractivity contribution in [3.05, 3.63) is 158 Å². The van der Waals surface area contributed by atoms with Crippen LogP contribution in [0.15, 0.2) is 158 Å². The molecule has 6 aromatic carbocycles. The van der Waals surface area contributed by atoms with Gasteiger partial charge in [-0.3, -0.25) is 0 Å². The van der Waals surface area contributed by atoms with Crippen LogP contribution in [0.5, 0.6) is 0 Å². The number of nitrogens with zero attached hydrogens (tertiary/aromatic N) is 4. The van der Waals surface area contributed by atoms with E-state index in [0.717, 1.165) is 61.5 Å². The minimum Gasteiger partial charge on any atom is -0.307 e. The highest BCUT2D eigenvalue weighted by Crippen LogP contribution is 2.46. The molecule has 0 aliphatic heterocycles. The minimum atomic E-state index is 0.863. The molecule has 0 N–H and O–H groups in total. The highest BCUT2D eigenvalue weighted by Gasteiger charge is 2.23. The summed E-state index contributed by atoms with van der Waals surface area (Å²) in [5, 5.41) is 3.66. The predicted molar refractivity (Wildman–Crippen MR) is 201 cm³/mol. The Morgan fingerprint density at radius 1 is 0.438 bits per heavy atom. The monoisotopic (exact) mass is 630 g/mol. The third-order valence-corrected chi connectivity index (χ3v) is 10.4. The molecule has 0 saturated carbocycles. The van der Waals surface area contributed by atoms with E-state index in [4.69, 9.17) is 15.0 Å². The van der Waals surface area contributed by atoms with Crippen LogP contribution in [0.3, 0.4) is 0 Å². The number of fused-ring (bicyclic) bond motifs is 8. The first-order valence-electron chi connectivity index (χ1n) is 16.0. The quantitative estimate of drug-likeness (QED) is 0.194. The second-order valence-corrected chi connectivity index (χ2v) is 13.1. The van der Waals surface area contributed by atoms with Crippen LogP contribution < -0.4 is 0 Å². The van der Waals surface area contributed by atoms with E-state index in [0.29, 0.717) is 0 Å². The van der Waals surface area contributed by atoms with Gasteiger partial charge in [0.25, 0.3) is 0 Å². The third kappa shape index (κ3) is 4.11. The van der Waals surface area contributed by atoms with E-state index in [1.807, 2.05) is 53.8 Å². The molecule has 10 rings (SSSR count). The Morgan fingerprint density at radius 3 is 1.69 bits per heavy atom. The molecule has 0 radical (unpaired) electrons. The van der Waals surface area contributed by atoms with E-state index in [1.54, 1.807) is 0 Å². The third-order valence-electron chi connectivity index (χ3n) is 9.18. The van der Waals surface area contributed by atoms with Gasteiger partial charge in [0.2, 0.25) is 0 Å². The van der Waals surface area contributed by atoms with Gasteiger partial charge in [0.05, 0.1) is 49.4 Å². The molecule has 0 aliphatic rings. The van der Waals surface area contributed by atoms with Crippen LogP contribution >= 0.6 is 11.3 Å². The lowest BCUT2D eigenvalue weighted by atomic mass is 10.0. The lowest BCUT2D eigenvalue weighted by molar-refractivity contribution is 1.17. The summed E-state index contributed by atoms with van der Waals surface area (Å²) in [6.07, 6.45) is 0. The Morgan fingerprint density at radius 2 is 0.979 bits per heavy atom. The van der Waals surface area contributed by atoms with Crippen molar-refractivity contribution < 1.29 is 0 Å². The number of rotatable bonds is 4. The van der Waals surface area contributed by atoms with Crippen molar-refractivity contribution in [3.8, 4) is 39.5 Å². The molecule has 48 heavy (non-hydrogen) atoms. The van der Waals surface area contributed by atoms with Crippen molar-refractivity contribution in [2.24, 2.45) is 0 Å². The van der Waals surface area contributed by atoms with Crippen molar-refractivity contribution in [1.29, 1.82) is 0 Å². The molecule has 224 valence electrons. The lowest BCUT2D eigenvalue weighted by Crippen LogP contribution is -1.97. The summed E-state index contributed by atoms with van der Waals surface area (Å²) in [6.45, 7) is 0. The van der Waals surface area contributed by atoms with Gasteiger partial charge in [0, 0.05) is 43.2 Å². The summed E-state index contributed by atoms with van der Waals surface area (Å²) in [5.41, 5.74) is 12.0. The van der Waals surface area contributed by atoms with Crippen molar-refractivity contribution in [3.63, 3.8) is 0 Å². The van der Waals surface area contributed by atoms with E-state index in [1.165, 1.54) is 31.1 Å². The van der Waals surface area contributed by atoms with Crippen molar-refractivity contribution >= 4 is 64.5 Å². The van der Waals surface area contributed by atoms with E-state index in [2.05, 4.69) is 120 Å². The second kappa shape index (κ2) is 10.7. The molecule has 0 saturated heterocycles. The largest absolute Gasteiger partial charge is 0.307 e. The number of hydrogen-bond acceptors (Lipinski definition) is 4. The van der Waals surface area contributed by atoms with Crippen LogP contribution in [-0.4, -0.2) is 19.5 Å². The number of para-hydroxylation sites is 4. The molecule has 10 aromatic rings. The number of aromatic nitrogens is 4. The molecule has 4 heterocycles. The number of pyridine rings is 1. The van der Waals surface area contributed by atoms with Crippen LogP contribution in [-0.2, 0) is 0 Å². The van der Waals surface area contributed by atoms with Crippen LogP contribution in [0.25, 0.3) is 92.6 Å². The molecule has 0 amide bonds. The van der Waals surface area contributed by atoms with Gasteiger partial charge in [-0.1, -0.05) is 121 Å². The Kier molecular flexibility index (Phi) is 6.01. The van der Waals surface area contributed by atoms with Gasteiger partial charge in [0.15, 0.2) is 0 Å². The van der Waals surface area contributed by atoms with Crippen LogP contribution in [0.4, 0.5) is 0 Å². The zero-order valence-electron chi connectivity index (χ0n) is 25.7. The zero-order valence-corrected chi connectivity index (χ0v) is 26.5. The number of hydrogen-bond donors (Lipinski definition) is 0. The average molecular weight is 631 g/mol. The standard InChI is InChI=1S/C43H26N4S/c1-3-13-27(14-4-1)38-39(45-34-20-10-9-19-33(34)44-38)28-23-25-29(26-24-28)40-42-37(43-41(46-40)32-18-8-12-22-36(32)48-43)31-17-7-11-21-35(31)47(42)30-15-5-2-6-16-30/h1-26H. The maximum atomic E-state index is 5.51. The van der Waals surface area contributed by atoms with Crippen molar-refractivity contribution in [2.45, 2.75) is 0 Å². The molecule has 0 unspecified atom stereocenters. The first-order valence-corrected chi connectivity index (χ1v) is 16.9. The summed E-state index contributed by atoms with van der Waals surface area (Å²) in [6, 6.07) is 55.1. The number of benzene rings is 6. The van der Waals surface area contributed by atoms with Crippen molar-refractivity contribution in [1.82, 2.24) is 19.5 Å². The fraction of sp³-hybridized carbons (Fsp3) is 0. The summed E-state index contributed by atoms with van der Waals surface area (Å²) in [7, 11) is 0. The van der Waals surface area contributed by atoms with E-state index >= 15 is 0 Å². The first kappa shape index (κ1) is 27.0. The average Bonchev–Trinajstić information content (AvgIpc) is 3.71. The maximum Gasteiger partial charge on any atom is 0.0973 e. The second-order valence-electron chi connectivity index (χ2n) is 12.0. The van der Waals surface area contributed by atoms with E-state index in [9.17, 15) is 0 Å². The Hall–Kier alpha value is -6.17. The van der Waals surface area contributed by atoms with Crippen LogP contribution in [0, 0.1) is 0 Å². The molecule has 0 fully saturated rings. The molecule has 0 bridgehead atoms. The molecule has 0 aliphatic carbocycles. The molecule has 4 nitrogen and oxygen atoms in total. The van der Waals surface area contributed by atoms with Gasteiger partial charge >= 0.3 is 0 Å². The van der Waals surface area contributed by atoms with E-state index < -0.39 is 0 Å². The molecule has 4 aromatic heterocycles. The SMILES string of the molecule is c1ccc(-c2nc3ccccc3nc2-c2ccc(-c3nc4c5ccccc5sc4c4c5ccccc5n(-c5ccccc5)c34)cc2)cc1. The first-order chi connectivity index (χ1) is 23.8. The summed E-state index contributed by atoms with van der Waals surface area (Å²) < 4.78 is 4.85. The van der Waals surface area contributed by atoms with E-state index in [-0.39, 0.29) is 0 Å². The highest BCUT2D eigenvalue weighted by molar-refractivity contribution is 7.26. The fourth-order valence-corrected chi connectivity index (χ4v) is 8.20. The van der Waals surface area contributed by atoms with Crippen LogP contribution in [0.1, 0.15) is 0 Å². The molecule has 5 heteroatoms. The minimum absolute atomic E-state index is 0.863.